The fourth-order valence-electron chi connectivity index (χ4n) is 3.72. The summed E-state index contributed by atoms with van der Waals surface area (Å²) in [5.41, 5.74) is 2.16. The van der Waals surface area contributed by atoms with Gasteiger partial charge in [0.15, 0.2) is 5.11 Å². The number of anilines is 2. The lowest BCUT2D eigenvalue weighted by molar-refractivity contribution is -0.124. The second-order valence-corrected chi connectivity index (χ2v) is 8.44. The van der Waals surface area contributed by atoms with Gasteiger partial charge in [-0.15, -0.1) is 0 Å². The number of benzene rings is 3. The van der Waals surface area contributed by atoms with Crippen LogP contribution in [0.5, 0.6) is 0 Å². The maximum absolute atomic E-state index is 13.4. The van der Waals surface area contributed by atoms with Gasteiger partial charge in [-0.2, -0.15) is 0 Å². The van der Waals surface area contributed by atoms with Crippen molar-refractivity contribution >= 4 is 52.1 Å². The van der Waals surface area contributed by atoms with E-state index in [-0.39, 0.29) is 24.1 Å². The number of para-hydroxylation sites is 1. The Labute approximate surface area is 201 Å². The Morgan fingerprint density at radius 3 is 2.33 bits per heavy atom. The second-order valence-electron chi connectivity index (χ2n) is 7.64. The molecule has 168 valence electrons. The molecule has 1 atom stereocenters. The third kappa shape index (κ3) is 5.38. The van der Waals surface area contributed by atoms with Crippen molar-refractivity contribution in [2.75, 3.05) is 16.8 Å². The highest BCUT2D eigenvalue weighted by Gasteiger charge is 2.43. The molecular formula is C25H21ClFN3O2S. The largest absolute Gasteiger partial charge is 0.336 e. The van der Waals surface area contributed by atoms with Gasteiger partial charge in [-0.3, -0.25) is 14.5 Å². The highest BCUT2D eigenvalue weighted by molar-refractivity contribution is 7.80. The summed E-state index contributed by atoms with van der Waals surface area (Å²) in [5.74, 6) is -0.866. The Morgan fingerprint density at radius 1 is 1.00 bits per heavy atom. The summed E-state index contributed by atoms with van der Waals surface area (Å²) in [6.07, 6.45) is 0.486. The Morgan fingerprint density at radius 2 is 1.67 bits per heavy atom. The number of nitrogens with one attached hydrogen (secondary N) is 1. The predicted molar refractivity (Wildman–Crippen MR) is 132 cm³/mol. The van der Waals surface area contributed by atoms with Crippen molar-refractivity contribution in [2.45, 2.75) is 18.9 Å². The number of carbonyl (C=O) groups excluding carboxylic acids is 2. The van der Waals surface area contributed by atoms with Crippen LogP contribution in [0.2, 0.25) is 5.02 Å². The minimum absolute atomic E-state index is 0.0612. The van der Waals surface area contributed by atoms with Gasteiger partial charge in [0.25, 0.3) is 5.91 Å². The minimum atomic E-state index is -0.745. The molecule has 5 nitrogen and oxygen atoms in total. The Bertz CT molecular complexity index is 1160. The van der Waals surface area contributed by atoms with Gasteiger partial charge in [0.1, 0.15) is 11.9 Å². The number of nitrogens with zero attached hydrogens (tertiary/aromatic N) is 2. The van der Waals surface area contributed by atoms with Gasteiger partial charge < -0.3 is 10.2 Å². The summed E-state index contributed by atoms with van der Waals surface area (Å²) in [5, 5.41) is 3.72. The molecule has 1 N–H and O–H groups in total. The molecule has 3 aromatic carbocycles. The molecule has 0 saturated carbocycles. The summed E-state index contributed by atoms with van der Waals surface area (Å²) >= 11 is 11.6. The van der Waals surface area contributed by atoms with E-state index in [1.165, 1.54) is 17.0 Å². The number of hydrogen-bond donors (Lipinski definition) is 1. The monoisotopic (exact) mass is 481 g/mol. The first-order chi connectivity index (χ1) is 15.9. The van der Waals surface area contributed by atoms with Gasteiger partial charge in [0.2, 0.25) is 5.91 Å². The lowest BCUT2D eigenvalue weighted by Gasteiger charge is -2.24. The zero-order valence-electron chi connectivity index (χ0n) is 17.6. The summed E-state index contributed by atoms with van der Waals surface area (Å²) in [7, 11) is 0. The number of hydrogen-bond acceptors (Lipinski definition) is 3. The molecule has 1 fully saturated rings. The van der Waals surface area contributed by atoms with E-state index in [1.807, 2.05) is 18.2 Å². The fraction of sp³-hybridized carbons (Fsp3) is 0.160. The molecule has 0 radical (unpaired) electrons. The summed E-state index contributed by atoms with van der Waals surface area (Å²) in [6.45, 7) is 0.415. The molecule has 1 saturated heterocycles. The van der Waals surface area contributed by atoms with E-state index in [1.54, 1.807) is 53.4 Å². The van der Waals surface area contributed by atoms with Crippen LogP contribution in [0, 0.1) is 5.82 Å². The van der Waals surface area contributed by atoms with Gasteiger partial charge in [-0.25, -0.2) is 4.39 Å². The molecule has 0 bridgehead atoms. The minimum Gasteiger partial charge on any atom is -0.336 e. The molecule has 2 amide bonds. The van der Waals surface area contributed by atoms with Gasteiger partial charge in [0.05, 0.1) is 12.1 Å². The van der Waals surface area contributed by atoms with Crippen LogP contribution >= 0.6 is 23.8 Å². The summed E-state index contributed by atoms with van der Waals surface area (Å²) < 4.78 is 13.3. The third-order valence-electron chi connectivity index (χ3n) is 5.39. The Hall–Kier alpha value is -3.29. The highest BCUT2D eigenvalue weighted by atomic mass is 35.5. The van der Waals surface area contributed by atoms with E-state index in [2.05, 4.69) is 5.32 Å². The van der Waals surface area contributed by atoms with Crippen LogP contribution in [0.1, 0.15) is 12.0 Å². The van der Waals surface area contributed by atoms with Crippen molar-refractivity contribution in [1.82, 2.24) is 4.90 Å². The van der Waals surface area contributed by atoms with E-state index in [9.17, 15) is 14.0 Å². The number of thiocarbonyl (C=S) groups is 1. The number of halogens is 2. The van der Waals surface area contributed by atoms with E-state index >= 15 is 0 Å². The van der Waals surface area contributed by atoms with Crippen LogP contribution in [0.3, 0.4) is 0 Å². The van der Waals surface area contributed by atoms with E-state index in [0.717, 1.165) is 5.56 Å². The number of amides is 2. The Balaban J connectivity index is 1.54. The molecule has 1 heterocycles. The van der Waals surface area contributed by atoms with Crippen molar-refractivity contribution in [3.05, 3.63) is 95.3 Å². The van der Waals surface area contributed by atoms with Gasteiger partial charge in [-0.05, 0) is 72.7 Å². The normalized spacial score (nSPS) is 15.8. The van der Waals surface area contributed by atoms with Crippen molar-refractivity contribution < 1.29 is 14.0 Å². The topological polar surface area (TPSA) is 52.7 Å². The van der Waals surface area contributed by atoms with Gasteiger partial charge >= 0.3 is 0 Å². The van der Waals surface area contributed by atoms with Crippen molar-refractivity contribution in [1.29, 1.82) is 0 Å². The van der Waals surface area contributed by atoms with Crippen LogP contribution in [0.15, 0.2) is 78.9 Å². The first-order valence-electron chi connectivity index (χ1n) is 10.4. The molecule has 3 aromatic rings. The van der Waals surface area contributed by atoms with E-state index in [0.29, 0.717) is 34.5 Å². The highest BCUT2D eigenvalue weighted by Crippen LogP contribution is 2.27. The molecule has 0 aromatic heterocycles. The number of carbonyl (C=O) groups is 2. The number of rotatable bonds is 7. The Kier molecular flexibility index (Phi) is 7.01. The van der Waals surface area contributed by atoms with Crippen LogP contribution in [0.4, 0.5) is 15.8 Å². The quantitative estimate of drug-likeness (QED) is 0.480. The third-order valence-corrected chi connectivity index (χ3v) is 6.06. The van der Waals surface area contributed by atoms with Crippen molar-refractivity contribution in [2.24, 2.45) is 0 Å². The molecule has 0 unspecified atom stereocenters. The SMILES string of the molecule is O=C(C[C@@H]1C(=O)N(c2ccccc2)C(=S)N1CCc1ccc(F)cc1)Nc1ccc(Cl)cc1. The molecular weight excluding hydrogens is 461 g/mol. The molecule has 1 aliphatic heterocycles. The standard InChI is InChI=1S/C25H21ClFN3O2S/c26-18-8-12-20(13-9-18)28-23(31)16-22-24(32)30(21-4-2-1-3-5-21)25(33)29(22)15-14-17-6-10-19(27)11-7-17/h1-13,22H,14-16H2,(H,28,31)/t22-/m1/s1. The second kappa shape index (κ2) is 10.1. The fourth-order valence-corrected chi connectivity index (χ4v) is 4.26. The predicted octanol–water partition coefficient (Wildman–Crippen LogP) is 5.05. The zero-order chi connectivity index (χ0) is 23.4. The van der Waals surface area contributed by atoms with E-state index < -0.39 is 6.04 Å². The van der Waals surface area contributed by atoms with E-state index in [4.69, 9.17) is 23.8 Å². The first-order valence-corrected chi connectivity index (χ1v) is 11.2. The van der Waals surface area contributed by atoms with Crippen LogP contribution in [0.25, 0.3) is 0 Å². The lowest BCUT2D eigenvalue weighted by atomic mass is 10.1. The maximum atomic E-state index is 13.4. The molecule has 4 rings (SSSR count). The summed E-state index contributed by atoms with van der Waals surface area (Å²) in [4.78, 5) is 29.4. The molecule has 8 heteroatoms. The lowest BCUT2D eigenvalue weighted by Crippen LogP contribution is -2.39. The summed E-state index contributed by atoms with van der Waals surface area (Å²) in [6, 6.07) is 21.3. The van der Waals surface area contributed by atoms with Crippen LogP contribution in [-0.2, 0) is 16.0 Å². The average molecular weight is 482 g/mol. The molecule has 0 aliphatic carbocycles. The molecule has 1 aliphatic rings. The molecule has 0 spiro atoms. The first kappa shape index (κ1) is 22.9. The van der Waals surface area contributed by atoms with Crippen LogP contribution < -0.4 is 10.2 Å². The zero-order valence-corrected chi connectivity index (χ0v) is 19.2. The van der Waals surface area contributed by atoms with Crippen LogP contribution in [-0.4, -0.2) is 34.4 Å². The van der Waals surface area contributed by atoms with Crippen molar-refractivity contribution in [3.8, 4) is 0 Å². The maximum Gasteiger partial charge on any atom is 0.256 e. The van der Waals surface area contributed by atoms with Gasteiger partial charge in [0, 0.05) is 17.3 Å². The smallest absolute Gasteiger partial charge is 0.256 e. The average Bonchev–Trinajstić information content (AvgIpc) is 3.04. The van der Waals surface area contributed by atoms with Gasteiger partial charge in [-0.1, -0.05) is 41.9 Å². The van der Waals surface area contributed by atoms with Crippen molar-refractivity contribution in [3.63, 3.8) is 0 Å². The molecule has 33 heavy (non-hydrogen) atoms.